The normalized spacial score (nSPS) is 12.7. The van der Waals surface area contributed by atoms with Crippen LogP contribution in [0.3, 0.4) is 0 Å². The Morgan fingerprint density at radius 3 is 1.90 bits per heavy atom. The van der Waals surface area contributed by atoms with Gasteiger partial charge in [-0.3, -0.25) is 4.55 Å². The summed E-state index contributed by atoms with van der Waals surface area (Å²) in [5.74, 6) is 0. The van der Waals surface area contributed by atoms with Crippen LogP contribution in [0.2, 0.25) is 0 Å². The smallest absolute Gasteiger partial charge is 0.282 e. The molecule has 1 N–H and O–H groups in total. The van der Waals surface area contributed by atoms with E-state index in [1.807, 2.05) is 36.4 Å². The molecule has 4 aromatic carbocycles. The van der Waals surface area contributed by atoms with Crippen molar-refractivity contribution in [3.8, 4) is 0 Å². The van der Waals surface area contributed by atoms with Crippen LogP contribution in [0.1, 0.15) is 0 Å². The third-order valence-corrected chi connectivity index (χ3v) is 4.68. The number of hydrogen-bond donors (Lipinski definition) is 1. The van der Waals surface area contributed by atoms with E-state index >= 15 is 0 Å². The Hall–Kier alpha value is -2.17. The summed E-state index contributed by atoms with van der Waals surface area (Å²) in [7, 11) is -4.23. The van der Waals surface area contributed by atoms with Gasteiger partial charge in [-0.25, -0.2) is 0 Å². The first-order chi connectivity index (χ1) is 9.55. The summed E-state index contributed by atoms with van der Waals surface area (Å²) in [5.41, 5.74) is 0. The van der Waals surface area contributed by atoms with Gasteiger partial charge < -0.3 is 0 Å². The minimum Gasteiger partial charge on any atom is -0.282 e. The summed E-state index contributed by atoms with van der Waals surface area (Å²) in [6.07, 6.45) is 0. The molecular weight excluding hydrogens is 272 g/mol. The molecule has 0 saturated heterocycles. The predicted molar refractivity (Wildman–Crippen MR) is 80.0 cm³/mol. The highest BCUT2D eigenvalue weighted by molar-refractivity contribution is 7.86. The second-order valence-electron chi connectivity index (χ2n) is 4.89. The molecule has 4 aromatic rings. The van der Waals surface area contributed by atoms with Gasteiger partial charge in [0, 0.05) is 5.39 Å². The Morgan fingerprint density at radius 2 is 1.25 bits per heavy atom. The second-order valence-corrected chi connectivity index (χ2v) is 6.28. The van der Waals surface area contributed by atoms with E-state index < -0.39 is 10.1 Å². The fraction of sp³-hybridized carbons (Fsp3) is 0. The molecule has 0 aliphatic heterocycles. The molecule has 4 heteroatoms. The SMILES string of the molecule is O=S(=O)(O)c1ccc2ccc3cccc4ccc1c2c34. The van der Waals surface area contributed by atoms with Gasteiger partial charge in [0.25, 0.3) is 10.1 Å². The van der Waals surface area contributed by atoms with Crippen molar-refractivity contribution in [2.24, 2.45) is 0 Å². The Labute approximate surface area is 115 Å². The van der Waals surface area contributed by atoms with Crippen molar-refractivity contribution < 1.29 is 13.0 Å². The first-order valence-corrected chi connectivity index (χ1v) is 7.64. The van der Waals surface area contributed by atoms with Crippen LogP contribution < -0.4 is 0 Å². The minimum absolute atomic E-state index is 0.0387. The molecule has 0 aliphatic carbocycles. The lowest BCUT2D eigenvalue weighted by Gasteiger charge is -2.12. The van der Waals surface area contributed by atoms with Crippen molar-refractivity contribution in [2.45, 2.75) is 4.90 Å². The van der Waals surface area contributed by atoms with Gasteiger partial charge in [-0.2, -0.15) is 8.42 Å². The largest absolute Gasteiger partial charge is 0.295 e. The Morgan fingerprint density at radius 1 is 0.700 bits per heavy atom. The molecule has 4 rings (SSSR count). The van der Waals surface area contributed by atoms with E-state index in [4.69, 9.17) is 0 Å². The molecule has 0 heterocycles. The van der Waals surface area contributed by atoms with Crippen LogP contribution in [0.5, 0.6) is 0 Å². The molecule has 0 atom stereocenters. The van der Waals surface area contributed by atoms with Crippen LogP contribution in [-0.4, -0.2) is 13.0 Å². The van der Waals surface area contributed by atoms with E-state index in [9.17, 15) is 13.0 Å². The van der Waals surface area contributed by atoms with Gasteiger partial charge in [-0.1, -0.05) is 48.5 Å². The maximum Gasteiger partial charge on any atom is 0.295 e. The van der Waals surface area contributed by atoms with Gasteiger partial charge in [-0.15, -0.1) is 0 Å². The van der Waals surface area contributed by atoms with E-state index in [-0.39, 0.29) is 4.90 Å². The van der Waals surface area contributed by atoms with Crippen LogP contribution in [-0.2, 0) is 10.1 Å². The standard InChI is InChI=1S/C16H10O3S/c17-20(18,19)14-9-7-12-5-4-10-2-1-3-11-6-8-13(14)16(12)15(10)11/h1-9H,(H,17,18,19). The highest BCUT2D eigenvalue weighted by Crippen LogP contribution is 2.36. The Balaban J connectivity index is 2.39. The zero-order valence-corrected chi connectivity index (χ0v) is 11.2. The lowest BCUT2D eigenvalue weighted by atomic mass is 9.94. The molecule has 3 nitrogen and oxygen atoms in total. The van der Waals surface area contributed by atoms with Crippen molar-refractivity contribution in [3.05, 3.63) is 54.6 Å². The maximum absolute atomic E-state index is 11.5. The van der Waals surface area contributed by atoms with Crippen molar-refractivity contribution in [1.29, 1.82) is 0 Å². The van der Waals surface area contributed by atoms with Crippen LogP contribution in [0.4, 0.5) is 0 Å². The highest BCUT2D eigenvalue weighted by Gasteiger charge is 2.17. The average molecular weight is 282 g/mol. The summed E-state index contributed by atoms with van der Waals surface area (Å²) >= 11 is 0. The zero-order valence-electron chi connectivity index (χ0n) is 10.4. The van der Waals surface area contributed by atoms with E-state index in [1.165, 1.54) is 6.07 Å². The number of rotatable bonds is 1. The van der Waals surface area contributed by atoms with E-state index in [0.29, 0.717) is 5.39 Å². The lowest BCUT2D eigenvalue weighted by Crippen LogP contribution is -1.99. The van der Waals surface area contributed by atoms with Crippen LogP contribution in [0.25, 0.3) is 32.3 Å². The Bertz CT molecular complexity index is 1050. The predicted octanol–water partition coefficient (Wildman–Crippen LogP) is 3.83. The molecule has 0 aliphatic rings. The second kappa shape index (κ2) is 3.69. The Kier molecular flexibility index (Phi) is 2.14. The fourth-order valence-corrected chi connectivity index (χ4v) is 3.62. The summed E-state index contributed by atoms with van der Waals surface area (Å²) in [6.45, 7) is 0. The topological polar surface area (TPSA) is 54.4 Å². The highest BCUT2D eigenvalue weighted by atomic mass is 32.2. The molecule has 98 valence electrons. The average Bonchev–Trinajstić information content (AvgIpc) is 2.43. The zero-order chi connectivity index (χ0) is 13.9. The van der Waals surface area contributed by atoms with Gasteiger partial charge in [-0.05, 0) is 33.0 Å². The maximum atomic E-state index is 11.5. The van der Waals surface area contributed by atoms with E-state index in [2.05, 4.69) is 0 Å². The third kappa shape index (κ3) is 1.46. The molecule has 0 radical (unpaired) electrons. The molecular formula is C16H10O3S. The van der Waals surface area contributed by atoms with Gasteiger partial charge in [0.05, 0.1) is 0 Å². The first kappa shape index (κ1) is 11.6. The van der Waals surface area contributed by atoms with Crippen molar-refractivity contribution in [3.63, 3.8) is 0 Å². The molecule has 0 bridgehead atoms. The first-order valence-electron chi connectivity index (χ1n) is 6.20. The van der Waals surface area contributed by atoms with E-state index in [1.54, 1.807) is 12.1 Å². The fourth-order valence-electron chi connectivity index (χ4n) is 2.93. The molecule has 0 unspecified atom stereocenters. The molecule has 0 amide bonds. The lowest BCUT2D eigenvalue weighted by molar-refractivity contribution is 0.484. The van der Waals surface area contributed by atoms with Crippen molar-refractivity contribution in [2.75, 3.05) is 0 Å². The monoisotopic (exact) mass is 282 g/mol. The third-order valence-electron chi connectivity index (χ3n) is 3.77. The van der Waals surface area contributed by atoms with Gasteiger partial charge in [0.2, 0.25) is 0 Å². The van der Waals surface area contributed by atoms with Gasteiger partial charge >= 0.3 is 0 Å². The van der Waals surface area contributed by atoms with Crippen LogP contribution >= 0.6 is 0 Å². The summed E-state index contributed by atoms with van der Waals surface area (Å²) in [5, 5.41) is 5.58. The minimum atomic E-state index is -4.23. The van der Waals surface area contributed by atoms with Crippen LogP contribution in [0, 0.1) is 0 Å². The van der Waals surface area contributed by atoms with Crippen molar-refractivity contribution in [1.82, 2.24) is 0 Å². The number of benzene rings is 4. The molecule has 0 saturated carbocycles. The number of hydrogen-bond acceptors (Lipinski definition) is 2. The quantitative estimate of drug-likeness (QED) is 0.426. The van der Waals surface area contributed by atoms with E-state index in [0.717, 1.165) is 26.9 Å². The summed E-state index contributed by atoms with van der Waals surface area (Å²) in [4.78, 5) is -0.0387. The molecule has 0 aromatic heterocycles. The summed E-state index contributed by atoms with van der Waals surface area (Å²) in [6, 6.07) is 16.8. The van der Waals surface area contributed by atoms with Crippen LogP contribution in [0.15, 0.2) is 59.5 Å². The molecule has 0 fully saturated rings. The van der Waals surface area contributed by atoms with Gasteiger partial charge in [0.1, 0.15) is 4.90 Å². The van der Waals surface area contributed by atoms with Gasteiger partial charge in [0.15, 0.2) is 0 Å². The summed E-state index contributed by atoms with van der Waals surface area (Å²) < 4.78 is 32.5. The van der Waals surface area contributed by atoms with Crippen molar-refractivity contribution >= 4 is 42.4 Å². The molecule has 20 heavy (non-hydrogen) atoms. The molecule has 0 spiro atoms.